The maximum atomic E-state index is 12.7. The quantitative estimate of drug-likeness (QED) is 0.658. The van der Waals surface area contributed by atoms with E-state index in [1.807, 2.05) is 60.0 Å². The molecule has 0 saturated heterocycles. The summed E-state index contributed by atoms with van der Waals surface area (Å²) in [4.78, 5) is 24.7. The topological polar surface area (TPSA) is 54.4 Å². The highest BCUT2D eigenvalue weighted by atomic mass is 32.2. The molecule has 1 aliphatic heterocycles. The average Bonchev–Trinajstić information content (AvgIpc) is 3.25. The van der Waals surface area contributed by atoms with Gasteiger partial charge < -0.3 is 5.32 Å². The highest BCUT2D eigenvalue weighted by molar-refractivity contribution is 8.00. The van der Waals surface area contributed by atoms with Gasteiger partial charge >= 0.3 is 0 Å². The number of carbonyl (C=O) groups excluding carboxylic acids is 1. The third kappa shape index (κ3) is 3.88. The van der Waals surface area contributed by atoms with E-state index in [2.05, 4.69) is 28.5 Å². The predicted molar refractivity (Wildman–Crippen MR) is 123 cm³/mol. The standard InChI is InChI=1S/C24H19N3OS2/c28-24(26-15-17-6-5-13-29-17)16-10-11-22-20(14-16)27-23(19-8-3-4-12-25-19)18-7-1-2-9-21(18)30-22/h1-14,20,22H,15H2,(H,26,28). The molecule has 1 aromatic carbocycles. The van der Waals surface area contributed by atoms with E-state index >= 15 is 0 Å². The summed E-state index contributed by atoms with van der Waals surface area (Å²) in [5, 5.41) is 5.16. The lowest BCUT2D eigenvalue weighted by atomic mass is 10.0. The number of aromatic nitrogens is 1. The average molecular weight is 430 g/mol. The van der Waals surface area contributed by atoms with Gasteiger partial charge in [0.05, 0.1) is 29.2 Å². The third-order valence-electron chi connectivity index (χ3n) is 5.01. The molecule has 1 aliphatic carbocycles. The molecule has 148 valence electrons. The first kappa shape index (κ1) is 19.0. The second-order valence-corrected chi connectivity index (χ2v) is 9.26. The van der Waals surface area contributed by atoms with Crippen molar-refractivity contribution in [2.24, 2.45) is 4.99 Å². The molecule has 0 saturated carbocycles. The normalized spacial score (nSPS) is 19.7. The molecule has 5 rings (SSSR count). The number of benzene rings is 1. The first-order chi connectivity index (χ1) is 14.8. The van der Waals surface area contributed by atoms with Crippen molar-refractivity contribution in [3.63, 3.8) is 0 Å². The van der Waals surface area contributed by atoms with Crippen molar-refractivity contribution in [2.45, 2.75) is 22.7 Å². The second-order valence-electron chi connectivity index (χ2n) is 7.01. The molecule has 1 N–H and O–H groups in total. The maximum Gasteiger partial charge on any atom is 0.251 e. The van der Waals surface area contributed by atoms with Crippen molar-refractivity contribution < 1.29 is 4.79 Å². The molecular weight excluding hydrogens is 410 g/mol. The summed E-state index contributed by atoms with van der Waals surface area (Å²) >= 11 is 3.42. The SMILES string of the molecule is O=C(NCc1cccs1)C1=CC2N=C(c3ccccn3)c3ccccc3SC2C=C1. The molecule has 0 fully saturated rings. The Labute approximate surface area is 183 Å². The molecule has 2 unspecified atom stereocenters. The second kappa shape index (κ2) is 8.42. The fourth-order valence-corrected chi connectivity index (χ4v) is 5.36. The van der Waals surface area contributed by atoms with Crippen molar-refractivity contribution in [1.82, 2.24) is 10.3 Å². The number of nitrogens with one attached hydrogen (secondary N) is 1. The molecule has 2 aliphatic rings. The smallest absolute Gasteiger partial charge is 0.251 e. The van der Waals surface area contributed by atoms with Crippen LogP contribution in [0.2, 0.25) is 0 Å². The number of thioether (sulfide) groups is 1. The minimum atomic E-state index is -0.133. The fraction of sp³-hybridized carbons (Fsp3) is 0.125. The van der Waals surface area contributed by atoms with Gasteiger partial charge in [-0.15, -0.1) is 23.1 Å². The van der Waals surface area contributed by atoms with Crippen LogP contribution in [-0.4, -0.2) is 27.9 Å². The van der Waals surface area contributed by atoms with Crippen LogP contribution in [0.5, 0.6) is 0 Å². The summed E-state index contributed by atoms with van der Waals surface area (Å²) in [7, 11) is 0. The van der Waals surface area contributed by atoms with Crippen molar-refractivity contribution in [3.8, 4) is 0 Å². The summed E-state index contributed by atoms with van der Waals surface area (Å²) in [5.41, 5.74) is 3.46. The Balaban J connectivity index is 1.47. The van der Waals surface area contributed by atoms with Gasteiger partial charge in [-0.05, 0) is 35.7 Å². The molecule has 2 atom stereocenters. The van der Waals surface area contributed by atoms with Crippen LogP contribution in [0.4, 0.5) is 0 Å². The van der Waals surface area contributed by atoms with E-state index in [9.17, 15) is 4.79 Å². The van der Waals surface area contributed by atoms with Crippen LogP contribution in [0.15, 0.2) is 99.9 Å². The zero-order valence-corrected chi connectivity index (χ0v) is 17.7. The Morgan fingerprint density at radius 3 is 2.80 bits per heavy atom. The zero-order chi connectivity index (χ0) is 20.3. The molecule has 0 radical (unpaired) electrons. The van der Waals surface area contributed by atoms with Crippen LogP contribution in [0, 0.1) is 0 Å². The first-order valence-electron chi connectivity index (χ1n) is 9.74. The predicted octanol–water partition coefficient (Wildman–Crippen LogP) is 4.64. The van der Waals surface area contributed by atoms with Crippen LogP contribution < -0.4 is 5.32 Å². The lowest BCUT2D eigenvalue weighted by molar-refractivity contribution is -0.117. The minimum absolute atomic E-state index is 0.0700. The van der Waals surface area contributed by atoms with Gasteiger partial charge in [0.15, 0.2) is 0 Å². The van der Waals surface area contributed by atoms with Gasteiger partial charge in [0.2, 0.25) is 0 Å². The van der Waals surface area contributed by atoms with Gasteiger partial charge in [-0.1, -0.05) is 42.5 Å². The summed E-state index contributed by atoms with van der Waals surface area (Å²) < 4.78 is 0. The van der Waals surface area contributed by atoms with Gasteiger partial charge in [-0.2, -0.15) is 0 Å². The van der Waals surface area contributed by atoms with Gasteiger partial charge in [0.25, 0.3) is 5.91 Å². The van der Waals surface area contributed by atoms with E-state index in [1.165, 1.54) is 4.90 Å². The molecule has 0 bridgehead atoms. The number of amides is 1. The first-order valence-corrected chi connectivity index (χ1v) is 11.5. The Bertz CT molecular complexity index is 1150. The van der Waals surface area contributed by atoms with Crippen LogP contribution in [-0.2, 0) is 11.3 Å². The van der Waals surface area contributed by atoms with E-state index < -0.39 is 0 Å². The van der Waals surface area contributed by atoms with Gasteiger partial charge in [0.1, 0.15) is 0 Å². The Hall–Kier alpha value is -2.96. The van der Waals surface area contributed by atoms with Gasteiger partial charge in [0, 0.05) is 27.1 Å². The van der Waals surface area contributed by atoms with Crippen LogP contribution >= 0.6 is 23.1 Å². The number of carbonyl (C=O) groups is 1. The Morgan fingerprint density at radius 2 is 1.97 bits per heavy atom. The molecule has 0 spiro atoms. The highest BCUT2D eigenvalue weighted by Gasteiger charge is 2.29. The Kier molecular flexibility index (Phi) is 5.34. The molecule has 6 heteroatoms. The molecule has 4 nitrogen and oxygen atoms in total. The lowest BCUT2D eigenvalue weighted by Gasteiger charge is -2.21. The number of hydrogen-bond acceptors (Lipinski definition) is 5. The summed E-state index contributed by atoms with van der Waals surface area (Å²) in [5.74, 6) is -0.0700. The van der Waals surface area contributed by atoms with E-state index in [-0.39, 0.29) is 17.2 Å². The highest BCUT2D eigenvalue weighted by Crippen LogP contribution is 2.37. The zero-order valence-electron chi connectivity index (χ0n) is 16.1. The van der Waals surface area contributed by atoms with Crippen LogP contribution in [0.1, 0.15) is 16.1 Å². The number of thiophene rings is 1. The minimum Gasteiger partial charge on any atom is -0.347 e. The summed E-state index contributed by atoms with van der Waals surface area (Å²) in [6, 6.07) is 18.0. The van der Waals surface area contributed by atoms with Crippen molar-refractivity contribution in [2.75, 3.05) is 0 Å². The number of hydrogen-bond donors (Lipinski definition) is 1. The monoisotopic (exact) mass is 429 g/mol. The third-order valence-corrected chi connectivity index (χ3v) is 7.20. The van der Waals surface area contributed by atoms with Crippen LogP contribution in [0.25, 0.3) is 0 Å². The largest absolute Gasteiger partial charge is 0.347 e. The number of fused-ring (bicyclic) bond motifs is 2. The van der Waals surface area contributed by atoms with Crippen LogP contribution in [0.3, 0.4) is 0 Å². The van der Waals surface area contributed by atoms with Crippen molar-refractivity contribution >= 4 is 34.7 Å². The van der Waals surface area contributed by atoms with Gasteiger partial charge in [-0.3, -0.25) is 14.8 Å². The van der Waals surface area contributed by atoms with Gasteiger partial charge in [-0.25, -0.2) is 0 Å². The number of aliphatic imine (C=N–C) groups is 1. The molecule has 1 amide bonds. The number of pyridine rings is 1. The number of nitrogens with zero attached hydrogens (tertiary/aromatic N) is 2. The fourth-order valence-electron chi connectivity index (χ4n) is 3.54. The number of rotatable bonds is 4. The van der Waals surface area contributed by atoms with Crippen molar-refractivity contribution in [1.29, 1.82) is 0 Å². The van der Waals surface area contributed by atoms with E-state index in [0.29, 0.717) is 12.1 Å². The van der Waals surface area contributed by atoms with E-state index in [0.717, 1.165) is 21.8 Å². The molecule has 3 heterocycles. The maximum absolute atomic E-state index is 12.7. The summed E-state index contributed by atoms with van der Waals surface area (Å²) in [6.45, 7) is 0.540. The molecular formula is C24H19N3OS2. The van der Waals surface area contributed by atoms with Crippen molar-refractivity contribution in [3.05, 3.63) is 106 Å². The molecule has 3 aromatic rings. The van der Waals surface area contributed by atoms with E-state index in [4.69, 9.17) is 4.99 Å². The molecule has 30 heavy (non-hydrogen) atoms. The molecule has 2 aromatic heterocycles. The van der Waals surface area contributed by atoms with E-state index in [1.54, 1.807) is 29.3 Å². The lowest BCUT2D eigenvalue weighted by Crippen LogP contribution is -2.28. The summed E-state index contributed by atoms with van der Waals surface area (Å²) in [6.07, 6.45) is 7.78. The Morgan fingerprint density at radius 1 is 1.07 bits per heavy atom.